The zero-order valence-corrected chi connectivity index (χ0v) is 8.83. The van der Waals surface area contributed by atoms with Crippen LogP contribution in [0.15, 0.2) is 10.5 Å². The van der Waals surface area contributed by atoms with Gasteiger partial charge in [0.05, 0.1) is 0 Å². The van der Waals surface area contributed by atoms with Gasteiger partial charge in [0.1, 0.15) is 0 Å². The summed E-state index contributed by atoms with van der Waals surface area (Å²) in [5, 5.41) is 0. The van der Waals surface area contributed by atoms with Crippen LogP contribution in [0.25, 0.3) is 0 Å². The summed E-state index contributed by atoms with van der Waals surface area (Å²) in [5.41, 5.74) is 0. The van der Waals surface area contributed by atoms with Crippen LogP contribution >= 0.6 is 23.1 Å². The minimum absolute atomic E-state index is 1.18. The molecule has 0 aliphatic carbocycles. The van der Waals surface area contributed by atoms with E-state index < -0.39 is 0 Å². The molecular weight excluding hydrogens is 245 g/mol. The molecule has 1 heterocycles. The molecular formula is C4H4NS2Sn. The van der Waals surface area contributed by atoms with E-state index in [0.29, 0.717) is 0 Å². The Morgan fingerprint density at radius 1 is 1.88 bits per heavy atom. The van der Waals surface area contributed by atoms with Crippen LogP contribution in [0.4, 0.5) is 0 Å². The molecule has 8 heavy (non-hydrogen) atoms. The topological polar surface area (TPSA) is 12.9 Å². The van der Waals surface area contributed by atoms with Gasteiger partial charge in [-0.25, -0.2) is 0 Å². The van der Waals surface area contributed by atoms with E-state index in [-0.39, 0.29) is 0 Å². The number of hydrogen-bond acceptors (Lipinski definition) is 3. The molecule has 41 valence electrons. The van der Waals surface area contributed by atoms with Crippen molar-refractivity contribution in [2.24, 2.45) is 0 Å². The first kappa shape index (κ1) is 6.89. The third kappa shape index (κ3) is 1.63. The molecule has 0 N–H and O–H groups in total. The monoisotopic (exact) mass is 250 g/mol. The van der Waals surface area contributed by atoms with Gasteiger partial charge in [-0.1, -0.05) is 0 Å². The second-order valence-corrected chi connectivity index (χ2v) is 5.85. The average molecular weight is 249 g/mol. The maximum atomic E-state index is 4.14. The summed E-state index contributed by atoms with van der Waals surface area (Å²) in [6.45, 7) is 0. The minimum atomic E-state index is 1.18. The zero-order chi connectivity index (χ0) is 5.98. The Kier molecular flexibility index (Phi) is 2.65. The average Bonchev–Trinajstić information content (AvgIpc) is 2.14. The molecule has 0 spiro atoms. The molecule has 1 rings (SSSR count). The van der Waals surface area contributed by atoms with Crippen molar-refractivity contribution < 1.29 is 0 Å². The van der Waals surface area contributed by atoms with Gasteiger partial charge in [-0.3, -0.25) is 0 Å². The Morgan fingerprint density at radius 2 is 2.62 bits per heavy atom. The standard InChI is InChI=1S/C4H4NS2.Sn/c1-6-4-5-2-3-7-4;/h2H,1H3;. The van der Waals surface area contributed by atoms with Crippen LogP contribution in [0.2, 0.25) is 0 Å². The molecule has 1 nitrogen and oxygen atoms in total. The van der Waals surface area contributed by atoms with Crippen molar-refractivity contribution in [3.63, 3.8) is 0 Å². The molecule has 3 radical (unpaired) electrons. The molecule has 1 aromatic heterocycles. The second-order valence-electron chi connectivity index (χ2n) is 1.19. The van der Waals surface area contributed by atoms with Gasteiger partial charge in [-0.2, -0.15) is 0 Å². The normalized spacial score (nSPS) is 9.75. The molecule has 0 aliphatic heterocycles. The predicted octanol–water partition coefficient (Wildman–Crippen LogP) is 0.659. The SMILES string of the molecule is CSc1nc[c]([Sn])s1. The van der Waals surface area contributed by atoms with Crippen molar-refractivity contribution in [3.05, 3.63) is 6.20 Å². The fourth-order valence-corrected chi connectivity index (χ4v) is 3.16. The molecule has 0 saturated heterocycles. The fourth-order valence-electron chi connectivity index (χ4n) is 0.352. The van der Waals surface area contributed by atoms with Gasteiger partial charge in [-0.05, 0) is 0 Å². The van der Waals surface area contributed by atoms with Crippen molar-refractivity contribution in [1.29, 1.82) is 0 Å². The van der Waals surface area contributed by atoms with Crippen LogP contribution in [-0.2, 0) is 0 Å². The fraction of sp³-hybridized carbons (Fsp3) is 0.250. The van der Waals surface area contributed by atoms with Gasteiger partial charge in [0.2, 0.25) is 0 Å². The molecule has 0 bridgehead atoms. The van der Waals surface area contributed by atoms with E-state index in [1.165, 1.54) is 29.8 Å². The number of hydrogen-bond donors (Lipinski definition) is 0. The summed E-state index contributed by atoms with van der Waals surface area (Å²) in [7, 11) is 0. The third-order valence-electron chi connectivity index (χ3n) is 0.659. The number of thiazole rings is 1. The van der Waals surface area contributed by atoms with Gasteiger partial charge in [0, 0.05) is 0 Å². The van der Waals surface area contributed by atoms with Crippen LogP contribution in [0, 0.1) is 0 Å². The molecule has 0 aromatic carbocycles. The van der Waals surface area contributed by atoms with Gasteiger partial charge in [0.25, 0.3) is 0 Å². The van der Waals surface area contributed by atoms with Gasteiger partial charge < -0.3 is 0 Å². The van der Waals surface area contributed by atoms with Crippen molar-refractivity contribution in [2.45, 2.75) is 4.34 Å². The Hall–Kier alpha value is 0.779. The Balaban J connectivity index is 2.84. The van der Waals surface area contributed by atoms with E-state index in [0.717, 1.165) is 0 Å². The van der Waals surface area contributed by atoms with Crippen LogP contribution in [0.1, 0.15) is 0 Å². The number of aromatic nitrogens is 1. The second kappa shape index (κ2) is 3.08. The van der Waals surface area contributed by atoms with Gasteiger partial charge >= 0.3 is 70.3 Å². The predicted molar refractivity (Wildman–Crippen MR) is 39.3 cm³/mol. The molecule has 0 unspecified atom stereocenters. The maximum absolute atomic E-state index is 4.14. The number of thioether (sulfide) groups is 1. The van der Waals surface area contributed by atoms with Crippen LogP contribution in [0.3, 0.4) is 0 Å². The molecule has 4 heteroatoms. The number of rotatable bonds is 1. The molecule has 0 atom stereocenters. The molecule has 0 amide bonds. The van der Waals surface area contributed by atoms with Crippen molar-refractivity contribution in [3.8, 4) is 0 Å². The Morgan fingerprint density at radius 3 is 2.88 bits per heavy atom. The zero-order valence-electron chi connectivity index (χ0n) is 4.34. The van der Waals surface area contributed by atoms with E-state index in [4.69, 9.17) is 0 Å². The summed E-state index contributed by atoms with van der Waals surface area (Å²) >= 11 is 4.96. The van der Waals surface area contributed by atoms with Crippen LogP contribution in [0.5, 0.6) is 0 Å². The van der Waals surface area contributed by atoms with E-state index >= 15 is 0 Å². The summed E-state index contributed by atoms with van der Waals surface area (Å²) in [4.78, 5) is 4.14. The third-order valence-corrected chi connectivity index (χ3v) is 3.71. The first-order chi connectivity index (χ1) is 3.83. The molecule has 1 aromatic rings. The molecule has 0 aliphatic rings. The van der Waals surface area contributed by atoms with E-state index in [9.17, 15) is 0 Å². The van der Waals surface area contributed by atoms with Crippen LogP contribution in [-0.4, -0.2) is 33.8 Å². The van der Waals surface area contributed by atoms with Crippen LogP contribution < -0.4 is 2.89 Å². The summed E-state index contributed by atoms with van der Waals surface area (Å²) in [6, 6.07) is 0. The molecule has 0 fully saturated rings. The Bertz CT molecular complexity index is 174. The molecule has 0 saturated carbocycles. The summed E-state index contributed by atoms with van der Waals surface area (Å²) < 4.78 is 2.55. The quantitative estimate of drug-likeness (QED) is 0.535. The first-order valence-electron chi connectivity index (χ1n) is 2.04. The van der Waals surface area contributed by atoms with E-state index in [2.05, 4.69) is 4.98 Å². The van der Waals surface area contributed by atoms with Gasteiger partial charge in [0.15, 0.2) is 0 Å². The van der Waals surface area contributed by atoms with Crippen molar-refractivity contribution >= 4 is 48.5 Å². The first-order valence-corrected chi connectivity index (χ1v) is 5.51. The Labute approximate surface area is 70.0 Å². The summed E-state index contributed by atoms with van der Waals surface area (Å²) in [5.74, 6) is 0. The van der Waals surface area contributed by atoms with Crippen molar-refractivity contribution in [1.82, 2.24) is 4.98 Å². The van der Waals surface area contributed by atoms with E-state index in [1.54, 1.807) is 23.1 Å². The van der Waals surface area contributed by atoms with Gasteiger partial charge in [-0.15, -0.1) is 0 Å². The number of nitrogens with zero attached hydrogens (tertiary/aromatic N) is 1. The summed E-state index contributed by atoms with van der Waals surface area (Å²) in [6.07, 6.45) is 3.99. The van der Waals surface area contributed by atoms with Crippen molar-refractivity contribution in [2.75, 3.05) is 6.26 Å². The van der Waals surface area contributed by atoms with E-state index in [1.807, 2.05) is 12.5 Å².